The Hall–Kier alpha value is -1.16. The zero-order valence-corrected chi connectivity index (χ0v) is 10.9. The van der Waals surface area contributed by atoms with Crippen molar-refractivity contribution in [1.82, 2.24) is 10.2 Å². The molecule has 0 aromatic heterocycles. The van der Waals surface area contributed by atoms with Crippen LogP contribution in [0.25, 0.3) is 0 Å². The van der Waals surface area contributed by atoms with Gasteiger partial charge in [0.1, 0.15) is 0 Å². The van der Waals surface area contributed by atoms with Crippen molar-refractivity contribution in [2.24, 2.45) is 5.73 Å². The molecule has 18 heavy (non-hydrogen) atoms. The summed E-state index contributed by atoms with van der Waals surface area (Å²) in [5.41, 5.74) is 7.38. The van der Waals surface area contributed by atoms with Crippen molar-refractivity contribution in [2.45, 2.75) is 18.5 Å². The molecule has 0 radical (unpaired) electrons. The number of rotatable bonds is 6. The lowest BCUT2D eigenvalue weighted by atomic mass is 9.99. The van der Waals surface area contributed by atoms with Crippen LogP contribution < -0.4 is 11.1 Å². The minimum atomic E-state index is 0.0724. The van der Waals surface area contributed by atoms with E-state index in [0.29, 0.717) is 6.54 Å². The van der Waals surface area contributed by atoms with Crippen molar-refractivity contribution in [1.29, 1.82) is 0 Å². The van der Waals surface area contributed by atoms with Crippen molar-refractivity contribution >= 4 is 0 Å². The fourth-order valence-corrected chi connectivity index (χ4v) is 2.61. The summed E-state index contributed by atoms with van der Waals surface area (Å²) >= 11 is 0. The summed E-state index contributed by atoms with van der Waals surface area (Å²) in [6, 6.07) is 10.6. The molecule has 1 aromatic rings. The van der Waals surface area contributed by atoms with Crippen LogP contribution in [-0.4, -0.2) is 36.6 Å². The first-order valence-corrected chi connectivity index (χ1v) is 6.60. The van der Waals surface area contributed by atoms with Crippen LogP contribution in [0, 0.1) is 0 Å². The van der Waals surface area contributed by atoms with Crippen LogP contribution in [0.3, 0.4) is 0 Å². The Morgan fingerprint density at radius 2 is 2.17 bits per heavy atom. The van der Waals surface area contributed by atoms with Gasteiger partial charge in [-0.25, -0.2) is 0 Å². The zero-order chi connectivity index (χ0) is 12.8. The molecule has 3 nitrogen and oxygen atoms in total. The Kier molecular flexibility index (Phi) is 4.53. The summed E-state index contributed by atoms with van der Waals surface area (Å²) in [7, 11) is 0. The number of nitrogens with zero attached hydrogens (tertiary/aromatic N) is 1. The molecular weight excluding hydrogens is 222 g/mol. The van der Waals surface area contributed by atoms with Crippen LogP contribution in [0.5, 0.6) is 0 Å². The molecule has 0 spiro atoms. The summed E-state index contributed by atoms with van der Waals surface area (Å²) in [4.78, 5) is 2.47. The van der Waals surface area contributed by atoms with Gasteiger partial charge in [-0.2, -0.15) is 0 Å². The minimum absolute atomic E-state index is 0.0724. The first-order valence-electron chi connectivity index (χ1n) is 6.60. The average molecular weight is 245 g/mol. The fraction of sp³-hybridized carbons (Fsp3) is 0.467. The van der Waals surface area contributed by atoms with Gasteiger partial charge in [0.15, 0.2) is 0 Å². The monoisotopic (exact) mass is 245 g/mol. The number of hydrogen-bond donors (Lipinski definition) is 2. The van der Waals surface area contributed by atoms with Crippen LogP contribution >= 0.6 is 0 Å². The fourth-order valence-electron chi connectivity index (χ4n) is 2.61. The van der Waals surface area contributed by atoms with E-state index < -0.39 is 0 Å². The van der Waals surface area contributed by atoms with Crippen molar-refractivity contribution in [3.63, 3.8) is 0 Å². The van der Waals surface area contributed by atoms with E-state index in [9.17, 15) is 0 Å². The number of benzene rings is 1. The van der Waals surface area contributed by atoms with E-state index in [-0.39, 0.29) is 5.54 Å². The third kappa shape index (κ3) is 3.19. The van der Waals surface area contributed by atoms with Gasteiger partial charge in [-0.3, -0.25) is 4.90 Å². The predicted octanol–water partition coefficient (Wildman–Crippen LogP) is 1.37. The van der Waals surface area contributed by atoms with Gasteiger partial charge < -0.3 is 11.1 Å². The largest absolute Gasteiger partial charge is 0.329 e. The quantitative estimate of drug-likeness (QED) is 0.744. The molecule has 1 aliphatic heterocycles. The van der Waals surface area contributed by atoms with E-state index in [1.165, 1.54) is 5.56 Å². The molecular formula is C15H23N3. The van der Waals surface area contributed by atoms with E-state index in [4.69, 9.17) is 5.73 Å². The van der Waals surface area contributed by atoms with Gasteiger partial charge in [-0.15, -0.1) is 6.58 Å². The molecule has 0 saturated carbocycles. The van der Waals surface area contributed by atoms with E-state index in [1.54, 1.807) is 0 Å². The molecule has 2 rings (SSSR count). The van der Waals surface area contributed by atoms with Crippen LogP contribution in [-0.2, 0) is 6.54 Å². The molecule has 1 fully saturated rings. The van der Waals surface area contributed by atoms with Crippen LogP contribution in [0.2, 0.25) is 0 Å². The second kappa shape index (κ2) is 6.14. The number of nitrogens with two attached hydrogens (primary N) is 1. The molecule has 98 valence electrons. The average Bonchev–Trinajstić information content (AvgIpc) is 2.82. The second-order valence-electron chi connectivity index (χ2n) is 5.10. The SMILES string of the molecule is C=CCNC1(CN)CCN(Cc2ccccc2)C1. The molecule has 1 heterocycles. The minimum Gasteiger partial charge on any atom is -0.329 e. The summed E-state index contributed by atoms with van der Waals surface area (Å²) in [6.45, 7) is 8.41. The van der Waals surface area contributed by atoms with Gasteiger partial charge in [-0.1, -0.05) is 36.4 Å². The Morgan fingerprint density at radius 3 is 2.83 bits per heavy atom. The van der Waals surface area contributed by atoms with Gasteiger partial charge in [0.2, 0.25) is 0 Å². The van der Waals surface area contributed by atoms with Crippen LogP contribution in [0.15, 0.2) is 43.0 Å². The number of nitrogens with one attached hydrogen (secondary N) is 1. The Bertz CT molecular complexity index is 377. The normalized spacial score (nSPS) is 24.3. The molecule has 0 bridgehead atoms. The van der Waals surface area contributed by atoms with Crippen molar-refractivity contribution in [3.8, 4) is 0 Å². The van der Waals surface area contributed by atoms with E-state index in [0.717, 1.165) is 32.6 Å². The van der Waals surface area contributed by atoms with Gasteiger partial charge in [0, 0.05) is 38.3 Å². The first kappa shape index (κ1) is 13.3. The standard InChI is InChI=1S/C15H23N3/c1-2-9-17-15(12-16)8-10-18(13-15)11-14-6-4-3-5-7-14/h2-7,17H,1,8-13,16H2. The number of likely N-dealkylation sites (tertiary alicyclic amines) is 1. The topological polar surface area (TPSA) is 41.3 Å². The van der Waals surface area contributed by atoms with Gasteiger partial charge >= 0.3 is 0 Å². The molecule has 0 amide bonds. The summed E-state index contributed by atoms with van der Waals surface area (Å²) in [5.74, 6) is 0. The molecule has 1 unspecified atom stereocenters. The van der Waals surface area contributed by atoms with Crippen LogP contribution in [0.4, 0.5) is 0 Å². The zero-order valence-electron chi connectivity index (χ0n) is 10.9. The van der Waals surface area contributed by atoms with E-state index in [1.807, 2.05) is 6.08 Å². The first-order chi connectivity index (χ1) is 8.78. The third-order valence-corrected chi connectivity index (χ3v) is 3.69. The second-order valence-corrected chi connectivity index (χ2v) is 5.10. The Morgan fingerprint density at radius 1 is 1.39 bits per heavy atom. The Balaban J connectivity index is 1.92. The highest BCUT2D eigenvalue weighted by molar-refractivity contribution is 5.15. The highest BCUT2D eigenvalue weighted by atomic mass is 15.2. The van der Waals surface area contributed by atoms with Crippen molar-refractivity contribution < 1.29 is 0 Å². The molecule has 1 atom stereocenters. The lowest BCUT2D eigenvalue weighted by Crippen LogP contribution is -2.53. The molecule has 3 N–H and O–H groups in total. The maximum atomic E-state index is 5.94. The number of hydrogen-bond acceptors (Lipinski definition) is 3. The third-order valence-electron chi connectivity index (χ3n) is 3.69. The smallest absolute Gasteiger partial charge is 0.0447 e. The van der Waals surface area contributed by atoms with E-state index >= 15 is 0 Å². The lowest BCUT2D eigenvalue weighted by Gasteiger charge is -2.29. The lowest BCUT2D eigenvalue weighted by molar-refractivity contribution is 0.282. The highest BCUT2D eigenvalue weighted by Crippen LogP contribution is 2.22. The summed E-state index contributed by atoms with van der Waals surface area (Å²) in [5, 5.41) is 3.53. The Labute approximate surface area is 110 Å². The summed E-state index contributed by atoms with van der Waals surface area (Å²) in [6.07, 6.45) is 3.02. The highest BCUT2D eigenvalue weighted by Gasteiger charge is 2.35. The van der Waals surface area contributed by atoms with Crippen molar-refractivity contribution in [2.75, 3.05) is 26.2 Å². The van der Waals surface area contributed by atoms with Gasteiger partial charge in [-0.05, 0) is 12.0 Å². The summed E-state index contributed by atoms with van der Waals surface area (Å²) < 4.78 is 0. The molecule has 0 aliphatic carbocycles. The van der Waals surface area contributed by atoms with Crippen LogP contribution in [0.1, 0.15) is 12.0 Å². The molecule has 1 aliphatic rings. The maximum absolute atomic E-state index is 5.94. The molecule has 3 heteroatoms. The van der Waals surface area contributed by atoms with Gasteiger partial charge in [0.25, 0.3) is 0 Å². The molecule has 1 aromatic carbocycles. The van der Waals surface area contributed by atoms with E-state index in [2.05, 4.69) is 47.1 Å². The molecule has 1 saturated heterocycles. The van der Waals surface area contributed by atoms with Gasteiger partial charge in [0.05, 0.1) is 0 Å². The maximum Gasteiger partial charge on any atom is 0.0447 e. The van der Waals surface area contributed by atoms with Crippen molar-refractivity contribution in [3.05, 3.63) is 48.6 Å². The predicted molar refractivity (Wildman–Crippen MR) is 76.3 cm³/mol.